The minimum absolute atomic E-state index is 0.657. The van der Waals surface area contributed by atoms with E-state index >= 15 is 0 Å². The van der Waals surface area contributed by atoms with Crippen LogP contribution in [0.2, 0.25) is 0 Å². The molecular weight excluding hydrogens is 278 g/mol. The Morgan fingerprint density at radius 2 is 2.10 bits per heavy atom. The molecule has 3 nitrogen and oxygen atoms in total. The maximum absolute atomic E-state index is 5.61. The van der Waals surface area contributed by atoms with E-state index in [1.165, 1.54) is 24.0 Å². The molecule has 0 saturated carbocycles. The molecule has 0 aliphatic rings. The maximum atomic E-state index is 5.61. The Bertz CT molecular complexity index is 550. The molecule has 0 fully saturated rings. The second-order valence-corrected chi connectivity index (χ2v) is 6.29. The van der Waals surface area contributed by atoms with Gasteiger partial charge in [0.15, 0.2) is 0 Å². The van der Waals surface area contributed by atoms with Gasteiger partial charge < -0.3 is 10.6 Å². The lowest BCUT2D eigenvalue weighted by atomic mass is 10.1. The number of hydrogen-bond acceptors (Lipinski definition) is 4. The zero-order valence-corrected chi connectivity index (χ0v) is 13.8. The Morgan fingerprint density at radius 1 is 1.29 bits per heavy atom. The summed E-state index contributed by atoms with van der Waals surface area (Å²) < 4.78 is 0. The summed E-state index contributed by atoms with van der Waals surface area (Å²) in [5, 5.41) is 3.23. The van der Waals surface area contributed by atoms with Gasteiger partial charge in [0.05, 0.1) is 5.69 Å². The van der Waals surface area contributed by atoms with Crippen molar-refractivity contribution in [3.05, 3.63) is 40.9 Å². The van der Waals surface area contributed by atoms with Crippen LogP contribution in [0, 0.1) is 0 Å². The van der Waals surface area contributed by atoms with Crippen LogP contribution in [0.4, 0.5) is 0 Å². The highest BCUT2D eigenvalue weighted by Gasteiger charge is 2.10. The third-order valence-electron chi connectivity index (χ3n) is 3.53. The van der Waals surface area contributed by atoms with Crippen LogP contribution in [-0.2, 0) is 13.0 Å². The van der Waals surface area contributed by atoms with Gasteiger partial charge >= 0.3 is 0 Å². The number of thiazole rings is 1. The van der Waals surface area contributed by atoms with E-state index in [0.29, 0.717) is 6.54 Å². The van der Waals surface area contributed by atoms with Gasteiger partial charge in [0.25, 0.3) is 0 Å². The molecule has 0 aliphatic carbocycles. The lowest BCUT2D eigenvalue weighted by Crippen LogP contribution is -2.19. The highest BCUT2D eigenvalue weighted by atomic mass is 32.1. The summed E-state index contributed by atoms with van der Waals surface area (Å²) in [6.45, 7) is 5.00. The molecule has 0 saturated heterocycles. The molecule has 0 amide bonds. The average molecular weight is 303 g/mol. The molecule has 0 atom stereocenters. The fourth-order valence-corrected chi connectivity index (χ4v) is 3.27. The molecule has 1 heterocycles. The lowest BCUT2D eigenvalue weighted by Gasteiger charge is -2.17. The predicted octanol–water partition coefficient (Wildman–Crippen LogP) is 3.54. The molecule has 1 aromatic carbocycles. The Kier molecular flexibility index (Phi) is 6.36. The maximum Gasteiger partial charge on any atom is 0.123 e. The topological polar surface area (TPSA) is 42.2 Å². The van der Waals surface area contributed by atoms with Gasteiger partial charge in [-0.3, -0.25) is 0 Å². The standard InChI is InChI=1S/C17H25N3S/c1-3-4-11-20(2)12-14-7-5-6-8-16(14)17-19-15(9-10-18)13-21-17/h5-8,13H,3-4,9-12,18H2,1-2H3. The summed E-state index contributed by atoms with van der Waals surface area (Å²) in [6.07, 6.45) is 3.34. The molecule has 0 spiro atoms. The first kappa shape index (κ1) is 16.1. The van der Waals surface area contributed by atoms with Crippen LogP contribution in [-0.4, -0.2) is 30.0 Å². The summed E-state index contributed by atoms with van der Waals surface area (Å²) >= 11 is 1.72. The zero-order chi connectivity index (χ0) is 15.1. The average Bonchev–Trinajstić information content (AvgIpc) is 2.94. The van der Waals surface area contributed by atoms with E-state index in [4.69, 9.17) is 10.7 Å². The second-order valence-electron chi connectivity index (χ2n) is 5.43. The first-order valence-corrected chi connectivity index (χ1v) is 8.53. The van der Waals surface area contributed by atoms with Crippen molar-refractivity contribution >= 4 is 11.3 Å². The van der Waals surface area contributed by atoms with Crippen molar-refractivity contribution in [2.24, 2.45) is 5.73 Å². The van der Waals surface area contributed by atoms with Gasteiger partial charge in [0.2, 0.25) is 0 Å². The number of aromatic nitrogens is 1. The number of nitrogens with two attached hydrogens (primary N) is 1. The normalized spacial score (nSPS) is 11.2. The molecule has 0 aliphatic heterocycles. The minimum atomic E-state index is 0.657. The molecule has 114 valence electrons. The molecule has 1 aromatic heterocycles. The number of rotatable bonds is 8. The van der Waals surface area contributed by atoms with E-state index in [1.807, 2.05) is 0 Å². The smallest absolute Gasteiger partial charge is 0.123 e. The third kappa shape index (κ3) is 4.63. The Hall–Kier alpha value is -1.23. The van der Waals surface area contributed by atoms with Crippen molar-refractivity contribution in [3.63, 3.8) is 0 Å². The quantitative estimate of drug-likeness (QED) is 0.811. The molecule has 2 rings (SSSR count). The van der Waals surface area contributed by atoms with E-state index in [9.17, 15) is 0 Å². The summed E-state index contributed by atoms with van der Waals surface area (Å²) in [6, 6.07) is 8.59. The van der Waals surface area contributed by atoms with Crippen LogP contribution in [0.25, 0.3) is 10.6 Å². The molecule has 0 unspecified atom stereocenters. The molecule has 2 N–H and O–H groups in total. The van der Waals surface area contributed by atoms with Gasteiger partial charge in [-0.1, -0.05) is 37.6 Å². The molecule has 0 bridgehead atoms. The molecule has 2 aromatic rings. The first-order chi connectivity index (χ1) is 10.2. The SMILES string of the molecule is CCCCN(C)Cc1ccccc1-c1nc(CCN)cs1. The van der Waals surface area contributed by atoms with Crippen LogP contribution < -0.4 is 5.73 Å². The largest absolute Gasteiger partial charge is 0.330 e. The Labute approximate surface area is 131 Å². The summed E-state index contributed by atoms with van der Waals surface area (Å²) in [5.41, 5.74) is 9.32. The molecular formula is C17H25N3S. The summed E-state index contributed by atoms with van der Waals surface area (Å²) in [5.74, 6) is 0. The Morgan fingerprint density at radius 3 is 2.86 bits per heavy atom. The van der Waals surface area contributed by atoms with Crippen LogP contribution in [0.15, 0.2) is 29.6 Å². The first-order valence-electron chi connectivity index (χ1n) is 7.66. The van der Waals surface area contributed by atoms with E-state index < -0.39 is 0 Å². The highest BCUT2D eigenvalue weighted by Crippen LogP contribution is 2.28. The van der Waals surface area contributed by atoms with Gasteiger partial charge in [-0.2, -0.15) is 0 Å². The third-order valence-corrected chi connectivity index (χ3v) is 4.46. The van der Waals surface area contributed by atoms with E-state index in [0.717, 1.165) is 30.2 Å². The number of hydrogen-bond donors (Lipinski definition) is 1. The number of nitrogens with zero attached hydrogens (tertiary/aromatic N) is 2. The summed E-state index contributed by atoms with van der Waals surface area (Å²) in [7, 11) is 2.19. The summed E-state index contributed by atoms with van der Waals surface area (Å²) in [4.78, 5) is 7.11. The fourth-order valence-electron chi connectivity index (χ4n) is 2.36. The van der Waals surface area contributed by atoms with Crippen molar-refractivity contribution in [2.75, 3.05) is 20.1 Å². The molecule has 4 heteroatoms. The van der Waals surface area contributed by atoms with Crippen LogP contribution in [0.1, 0.15) is 31.0 Å². The predicted molar refractivity (Wildman–Crippen MR) is 91.6 cm³/mol. The van der Waals surface area contributed by atoms with Gasteiger partial charge in [-0.25, -0.2) is 4.98 Å². The lowest BCUT2D eigenvalue weighted by molar-refractivity contribution is 0.321. The minimum Gasteiger partial charge on any atom is -0.330 e. The van der Waals surface area contributed by atoms with Crippen molar-refractivity contribution in [1.29, 1.82) is 0 Å². The van der Waals surface area contributed by atoms with Crippen molar-refractivity contribution in [1.82, 2.24) is 9.88 Å². The van der Waals surface area contributed by atoms with Gasteiger partial charge in [0.1, 0.15) is 5.01 Å². The van der Waals surface area contributed by atoms with Gasteiger partial charge in [-0.05, 0) is 32.1 Å². The fraction of sp³-hybridized carbons (Fsp3) is 0.471. The number of benzene rings is 1. The van der Waals surface area contributed by atoms with Crippen molar-refractivity contribution in [2.45, 2.75) is 32.7 Å². The van der Waals surface area contributed by atoms with Gasteiger partial charge in [-0.15, -0.1) is 11.3 Å². The van der Waals surface area contributed by atoms with Crippen LogP contribution in [0.5, 0.6) is 0 Å². The van der Waals surface area contributed by atoms with E-state index in [1.54, 1.807) is 11.3 Å². The Balaban J connectivity index is 2.15. The van der Waals surface area contributed by atoms with Crippen molar-refractivity contribution < 1.29 is 0 Å². The van der Waals surface area contributed by atoms with Crippen LogP contribution in [0.3, 0.4) is 0 Å². The molecule has 21 heavy (non-hydrogen) atoms. The zero-order valence-electron chi connectivity index (χ0n) is 13.0. The van der Waals surface area contributed by atoms with Crippen LogP contribution >= 0.6 is 11.3 Å². The highest BCUT2D eigenvalue weighted by molar-refractivity contribution is 7.13. The van der Waals surface area contributed by atoms with Gasteiger partial charge in [0, 0.05) is 23.9 Å². The molecule has 0 radical (unpaired) electrons. The van der Waals surface area contributed by atoms with E-state index in [2.05, 4.69) is 48.5 Å². The number of unbranched alkanes of at least 4 members (excludes halogenated alkanes) is 1. The van der Waals surface area contributed by atoms with E-state index in [-0.39, 0.29) is 0 Å². The van der Waals surface area contributed by atoms with Crippen molar-refractivity contribution in [3.8, 4) is 10.6 Å². The second kappa shape index (κ2) is 8.27. The monoisotopic (exact) mass is 303 g/mol.